The number of thiazole rings is 1. The number of rotatable bonds is 5. The Kier molecular flexibility index (Phi) is 3.79. The Morgan fingerprint density at radius 2 is 2.23 bits per heavy atom. The van der Waals surface area contributed by atoms with Crippen molar-refractivity contribution in [1.29, 1.82) is 0 Å². The van der Waals surface area contributed by atoms with E-state index in [0.29, 0.717) is 24.2 Å². The Hall–Kier alpha value is -2.81. The van der Waals surface area contributed by atoms with Gasteiger partial charge in [0.25, 0.3) is 11.2 Å². The molecule has 0 saturated heterocycles. The first kappa shape index (κ1) is 14.1. The molecule has 0 unspecified atom stereocenters. The van der Waals surface area contributed by atoms with Crippen LogP contribution in [0.5, 0.6) is 0 Å². The third-order valence-electron chi connectivity index (χ3n) is 3.13. The Balaban J connectivity index is 1.91. The van der Waals surface area contributed by atoms with Crippen molar-refractivity contribution in [3.63, 3.8) is 0 Å². The fourth-order valence-electron chi connectivity index (χ4n) is 2.08. The molecule has 0 aliphatic carbocycles. The highest BCUT2D eigenvalue weighted by atomic mass is 32.1. The first-order valence-electron chi connectivity index (χ1n) is 6.42. The van der Waals surface area contributed by atoms with Crippen molar-refractivity contribution < 1.29 is 4.92 Å². The van der Waals surface area contributed by atoms with Gasteiger partial charge in [-0.2, -0.15) is 0 Å². The van der Waals surface area contributed by atoms with Crippen LogP contribution in [0.1, 0.15) is 5.69 Å². The number of aromatic amines is 1. The van der Waals surface area contributed by atoms with E-state index in [4.69, 9.17) is 0 Å². The molecular formula is C13H11N5O3S. The van der Waals surface area contributed by atoms with Crippen LogP contribution in [0.15, 0.2) is 34.1 Å². The summed E-state index contributed by atoms with van der Waals surface area (Å²) < 4.78 is 0. The molecule has 0 aliphatic rings. The molecule has 0 saturated carbocycles. The molecule has 22 heavy (non-hydrogen) atoms. The van der Waals surface area contributed by atoms with Gasteiger partial charge in [0.2, 0.25) is 0 Å². The zero-order valence-corrected chi connectivity index (χ0v) is 12.1. The van der Waals surface area contributed by atoms with Crippen molar-refractivity contribution in [2.24, 2.45) is 0 Å². The monoisotopic (exact) mass is 317 g/mol. The number of anilines is 1. The molecule has 8 nitrogen and oxygen atoms in total. The van der Waals surface area contributed by atoms with Crippen molar-refractivity contribution in [3.8, 4) is 0 Å². The van der Waals surface area contributed by atoms with Crippen molar-refractivity contribution in [2.45, 2.75) is 6.42 Å². The molecule has 9 heteroatoms. The quantitative estimate of drug-likeness (QED) is 0.549. The van der Waals surface area contributed by atoms with Gasteiger partial charge in [-0.1, -0.05) is 0 Å². The van der Waals surface area contributed by atoms with Crippen LogP contribution in [0.3, 0.4) is 0 Å². The van der Waals surface area contributed by atoms with E-state index in [1.54, 1.807) is 5.51 Å². The number of nitro benzene ring substituents is 1. The first-order chi connectivity index (χ1) is 10.6. The number of H-pyrrole nitrogens is 1. The molecule has 2 heterocycles. The molecule has 3 aromatic rings. The third-order valence-corrected chi connectivity index (χ3v) is 3.77. The standard InChI is InChI=1S/C13H11N5O3S/c19-13-9-3-12(18(20)21)11(4-10(9)15-6-16-13)14-2-1-8-5-22-7-17-8/h3-7,14H,1-2H2,(H,15,16,19). The predicted octanol–water partition coefficient (Wildman–Crippen LogP) is 1.94. The van der Waals surface area contributed by atoms with E-state index in [1.807, 2.05) is 5.38 Å². The zero-order valence-electron chi connectivity index (χ0n) is 11.3. The van der Waals surface area contributed by atoms with E-state index >= 15 is 0 Å². The Morgan fingerprint density at radius 3 is 2.95 bits per heavy atom. The van der Waals surface area contributed by atoms with E-state index in [2.05, 4.69) is 20.3 Å². The highest BCUT2D eigenvalue weighted by molar-refractivity contribution is 7.07. The molecule has 0 spiro atoms. The van der Waals surface area contributed by atoms with E-state index < -0.39 is 10.5 Å². The van der Waals surface area contributed by atoms with Gasteiger partial charge in [0.1, 0.15) is 5.69 Å². The Bertz CT molecular complexity index is 875. The molecule has 2 N–H and O–H groups in total. The van der Waals surface area contributed by atoms with Gasteiger partial charge in [-0.05, 0) is 6.07 Å². The highest BCUT2D eigenvalue weighted by Crippen LogP contribution is 2.27. The number of aromatic nitrogens is 3. The van der Waals surface area contributed by atoms with Gasteiger partial charge in [-0.3, -0.25) is 14.9 Å². The second kappa shape index (κ2) is 5.90. The van der Waals surface area contributed by atoms with Crippen molar-refractivity contribution >= 4 is 33.6 Å². The lowest BCUT2D eigenvalue weighted by atomic mass is 10.2. The number of nitrogens with zero attached hydrogens (tertiary/aromatic N) is 3. The SMILES string of the molecule is O=c1[nH]cnc2cc(NCCc3cscn3)c([N+](=O)[O-])cc12. The van der Waals surface area contributed by atoms with Gasteiger partial charge >= 0.3 is 0 Å². The molecule has 0 aliphatic heterocycles. The average Bonchev–Trinajstić information content (AvgIpc) is 3.00. The highest BCUT2D eigenvalue weighted by Gasteiger charge is 2.16. The Morgan fingerprint density at radius 1 is 1.36 bits per heavy atom. The molecule has 2 aromatic heterocycles. The second-order valence-electron chi connectivity index (χ2n) is 4.53. The third kappa shape index (κ3) is 2.79. The van der Waals surface area contributed by atoms with Crippen molar-refractivity contribution in [1.82, 2.24) is 15.0 Å². The molecule has 0 fully saturated rings. The van der Waals surface area contributed by atoms with Gasteiger partial charge in [-0.25, -0.2) is 9.97 Å². The van der Waals surface area contributed by atoms with Gasteiger partial charge in [0.05, 0.1) is 33.4 Å². The normalized spacial score (nSPS) is 10.7. The fraction of sp³-hybridized carbons (Fsp3) is 0.154. The first-order valence-corrected chi connectivity index (χ1v) is 7.36. The summed E-state index contributed by atoms with van der Waals surface area (Å²) in [7, 11) is 0. The van der Waals surface area contributed by atoms with Crippen LogP contribution in [0.4, 0.5) is 11.4 Å². The van der Waals surface area contributed by atoms with Crippen LogP contribution in [-0.2, 0) is 6.42 Å². The summed E-state index contributed by atoms with van der Waals surface area (Å²) in [5.74, 6) is 0. The average molecular weight is 317 g/mol. The maximum absolute atomic E-state index is 11.7. The number of nitro groups is 1. The predicted molar refractivity (Wildman–Crippen MR) is 83.3 cm³/mol. The zero-order chi connectivity index (χ0) is 15.5. The summed E-state index contributed by atoms with van der Waals surface area (Å²) >= 11 is 1.50. The van der Waals surface area contributed by atoms with Crippen LogP contribution in [0.2, 0.25) is 0 Å². The van der Waals surface area contributed by atoms with Gasteiger partial charge in [0.15, 0.2) is 0 Å². The minimum atomic E-state index is -0.517. The van der Waals surface area contributed by atoms with Crippen LogP contribution in [0, 0.1) is 10.1 Å². The smallest absolute Gasteiger partial charge is 0.293 e. The summed E-state index contributed by atoms with van der Waals surface area (Å²) in [5, 5.41) is 16.3. The van der Waals surface area contributed by atoms with E-state index in [0.717, 1.165) is 5.69 Å². The maximum Gasteiger partial charge on any atom is 0.293 e. The summed E-state index contributed by atoms with van der Waals surface area (Å²) in [4.78, 5) is 33.0. The lowest BCUT2D eigenvalue weighted by Crippen LogP contribution is -2.10. The number of hydrogen-bond acceptors (Lipinski definition) is 7. The molecule has 0 radical (unpaired) electrons. The molecule has 0 atom stereocenters. The summed E-state index contributed by atoms with van der Waals surface area (Å²) in [6, 6.07) is 2.76. The van der Waals surface area contributed by atoms with E-state index in [9.17, 15) is 14.9 Å². The second-order valence-corrected chi connectivity index (χ2v) is 5.25. The van der Waals surface area contributed by atoms with Crippen LogP contribution in [0.25, 0.3) is 10.9 Å². The number of benzene rings is 1. The number of fused-ring (bicyclic) bond motifs is 1. The minimum Gasteiger partial charge on any atom is -0.379 e. The minimum absolute atomic E-state index is 0.149. The summed E-state index contributed by atoms with van der Waals surface area (Å²) in [6.07, 6.45) is 1.93. The molecule has 112 valence electrons. The molecule has 0 bridgehead atoms. The van der Waals surface area contributed by atoms with Crippen LogP contribution in [-0.4, -0.2) is 26.4 Å². The largest absolute Gasteiger partial charge is 0.379 e. The number of nitrogens with one attached hydrogen (secondary N) is 2. The lowest BCUT2D eigenvalue weighted by Gasteiger charge is -2.07. The lowest BCUT2D eigenvalue weighted by molar-refractivity contribution is -0.383. The maximum atomic E-state index is 11.7. The fourth-order valence-corrected chi connectivity index (χ4v) is 2.68. The molecular weight excluding hydrogens is 306 g/mol. The van der Waals surface area contributed by atoms with Crippen molar-refractivity contribution in [3.05, 3.63) is 55.5 Å². The van der Waals surface area contributed by atoms with Gasteiger partial charge in [-0.15, -0.1) is 11.3 Å². The summed E-state index contributed by atoms with van der Waals surface area (Å²) in [6.45, 7) is 0.499. The van der Waals surface area contributed by atoms with Crippen LogP contribution >= 0.6 is 11.3 Å². The van der Waals surface area contributed by atoms with Crippen LogP contribution < -0.4 is 10.9 Å². The van der Waals surface area contributed by atoms with Gasteiger partial charge < -0.3 is 10.3 Å². The topological polar surface area (TPSA) is 114 Å². The van der Waals surface area contributed by atoms with E-state index in [1.165, 1.54) is 29.8 Å². The number of hydrogen-bond donors (Lipinski definition) is 2. The molecule has 0 amide bonds. The Labute approximate surface area is 128 Å². The van der Waals surface area contributed by atoms with Crippen molar-refractivity contribution in [2.75, 3.05) is 11.9 Å². The van der Waals surface area contributed by atoms with Gasteiger partial charge in [0, 0.05) is 24.4 Å². The molecule has 1 aromatic carbocycles. The van der Waals surface area contributed by atoms with E-state index in [-0.39, 0.29) is 11.1 Å². The summed E-state index contributed by atoms with van der Waals surface area (Å²) in [5.41, 5.74) is 2.86. The molecule has 3 rings (SSSR count).